The van der Waals surface area contributed by atoms with Crippen molar-refractivity contribution in [1.29, 1.82) is 0 Å². The second-order valence-corrected chi connectivity index (χ2v) is 9.07. The number of H-pyrrole nitrogens is 1. The van der Waals surface area contributed by atoms with E-state index in [4.69, 9.17) is 9.84 Å². The summed E-state index contributed by atoms with van der Waals surface area (Å²) < 4.78 is 9.91. The maximum absolute atomic E-state index is 12.7. The minimum absolute atomic E-state index is 0.0549. The molecule has 2 aliphatic heterocycles. The van der Waals surface area contributed by atoms with Crippen molar-refractivity contribution in [3.63, 3.8) is 0 Å². The summed E-state index contributed by atoms with van der Waals surface area (Å²) >= 11 is 0. The molecule has 0 saturated carbocycles. The highest BCUT2D eigenvalue weighted by molar-refractivity contribution is 6.03. The van der Waals surface area contributed by atoms with E-state index in [0.717, 1.165) is 53.7 Å². The molecule has 176 valence electrons. The molecule has 0 bridgehead atoms. The summed E-state index contributed by atoms with van der Waals surface area (Å²) in [6, 6.07) is 7.53. The number of carbonyl (C=O) groups is 1. The SMILES string of the molecule is O=C(O)N1CCC(c2cc(=O)[nH]c3c4c(-c5cncn5C5CCCCO5)cccc4nn23)CC1. The average Bonchev–Trinajstić information content (AvgIpc) is 3.49. The van der Waals surface area contributed by atoms with E-state index in [-0.39, 0.29) is 17.7 Å². The molecule has 1 amide bonds. The van der Waals surface area contributed by atoms with Gasteiger partial charge in [-0.05, 0) is 38.2 Å². The zero-order valence-corrected chi connectivity index (χ0v) is 18.7. The minimum Gasteiger partial charge on any atom is -0.465 e. The highest BCUT2D eigenvalue weighted by Crippen LogP contribution is 2.35. The normalized spacial score (nSPS) is 19.8. The number of fused-ring (bicyclic) bond motifs is 3. The van der Waals surface area contributed by atoms with Crippen LogP contribution in [0, 0.1) is 0 Å². The Kier molecular flexibility index (Phi) is 5.09. The quantitative estimate of drug-likeness (QED) is 0.480. The van der Waals surface area contributed by atoms with Crippen LogP contribution in [0.5, 0.6) is 0 Å². The second-order valence-electron chi connectivity index (χ2n) is 9.07. The second kappa shape index (κ2) is 8.28. The standard InChI is InChI=1S/C24H26N6O4/c31-20-12-18(15-7-9-28(10-8-15)24(32)33)30-23(26-20)22-16(4-3-5-17(22)27-30)19-13-25-14-29(19)21-6-1-2-11-34-21/h3-5,12-15,21H,1-2,6-11H2,(H,26,31)(H,32,33). The number of piperidine rings is 1. The molecule has 5 heterocycles. The number of likely N-dealkylation sites (tertiary alicyclic amines) is 1. The molecule has 10 heteroatoms. The van der Waals surface area contributed by atoms with Gasteiger partial charge in [-0.2, -0.15) is 5.10 Å². The molecule has 2 N–H and O–H groups in total. The zero-order chi connectivity index (χ0) is 23.2. The molecule has 2 fully saturated rings. The monoisotopic (exact) mass is 462 g/mol. The Morgan fingerprint density at radius 3 is 2.79 bits per heavy atom. The van der Waals surface area contributed by atoms with E-state index in [1.807, 2.05) is 28.9 Å². The van der Waals surface area contributed by atoms with Gasteiger partial charge in [0.2, 0.25) is 0 Å². The first-order valence-electron chi connectivity index (χ1n) is 11.8. The lowest BCUT2D eigenvalue weighted by molar-refractivity contribution is -0.0310. The molecule has 34 heavy (non-hydrogen) atoms. The van der Waals surface area contributed by atoms with Crippen molar-refractivity contribution in [3.8, 4) is 11.3 Å². The number of nitrogens with zero attached hydrogens (tertiary/aromatic N) is 5. The zero-order valence-electron chi connectivity index (χ0n) is 18.7. The fourth-order valence-electron chi connectivity index (χ4n) is 5.34. The van der Waals surface area contributed by atoms with E-state index in [0.29, 0.717) is 31.6 Å². The van der Waals surface area contributed by atoms with Crippen LogP contribution < -0.4 is 5.56 Å². The number of benzene rings is 1. The van der Waals surface area contributed by atoms with Crippen LogP contribution in [0.2, 0.25) is 0 Å². The maximum atomic E-state index is 12.7. The molecule has 0 radical (unpaired) electrons. The van der Waals surface area contributed by atoms with Gasteiger partial charge in [-0.25, -0.2) is 14.3 Å². The molecule has 1 atom stereocenters. The number of rotatable bonds is 3. The number of aromatic nitrogens is 5. The van der Waals surface area contributed by atoms with Gasteiger partial charge in [-0.15, -0.1) is 0 Å². The van der Waals surface area contributed by atoms with Crippen molar-refractivity contribution in [2.24, 2.45) is 0 Å². The van der Waals surface area contributed by atoms with Gasteiger partial charge in [0.25, 0.3) is 5.56 Å². The Morgan fingerprint density at radius 2 is 2.03 bits per heavy atom. The van der Waals surface area contributed by atoms with Gasteiger partial charge in [-0.1, -0.05) is 12.1 Å². The van der Waals surface area contributed by atoms with Crippen molar-refractivity contribution in [3.05, 3.63) is 52.8 Å². The topological polar surface area (TPSA) is 118 Å². The first-order chi connectivity index (χ1) is 16.6. The lowest BCUT2D eigenvalue weighted by atomic mass is 9.93. The van der Waals surface area contributed by atoms with E-state index >= 15 is 0 Å². The van der Waals surface area contributed by atoms with Crippen LogP contribution in [0.1, 0.15) is 49.9 Å². The third-order valence-electron chi connectivity index (χ3n) is 7.06. The summed E-state index contributed by atoms with van der Waals surface area (Å²) in [5.41, 5.74) is 3.91. The number of nitrogens with one attached hydrogen (secondary N) is 1. The van der Waals surface area contributed by atoms with Crippen LogP contribution in [0.3, 0.4) is 0 Å². The number of carboxylic acid groups (broad SMARTS) is 1. The largest absolute Gasteiger partial charge is 0.465 e. The van der Waals surface area contributed by atoms with Crippen LogP contribution in [0.4, 0.5) is 4.79 Å². The van der Waals surface area contributed by atoms with E-state index in [2.05, 4.69) is 14.5 Å². The van der Waals surface area contributed by atoms with Gasteiger partial charge < -0.3 is 24.3 Å². The number of imidazole rings is 1. The van der Waals surface area contributed by atoms with Gasteiger partial charge >= 0.3 is 6.09 Å². The van der Waals surface area contributed by atoms with E-state index in [9.17, 15) is 14.7 Å². The van der Waals surface area contributed by atoms with Crippen molar-refractivity contribution >= 4 is 22.6 Å². The summed E-state index contributed by atoms with van der Waals surface area (Å²) in [5, 5.41) is 15.0. The van der Waals surface area contributed by atoms with Crippen LogP contribution in [-0.4, -0.2) is 59.9 Å². The average molecular weight is 463 g/mol. The summed E-state index contributed by atoms with van der Waals surface area (Å²) in [6.07, 6.45) is 7.10. The molecular formula is C24H26N6O4. The smallest absolute Gasteiger partial charge is 0.407 e. The molecule has 4 aromatic rings. The highest BCUT2D eigenvalue weighted by Gasteiger charge is 2.27. The van der Waals surface area contributed by atoms with Gasteiger partial charge in [0.1, 0.15) is 11.9 Å². The minimum atomic E-state index is -0.900. The van der Waals surface area contributed by atoms with Crippen LogP contribution in [-0.2, 0) is 4.74 Å². The number of hydrogen-bond acceptors (Lipinski definition) is 5. The first kappa shape index (κ1) is 20.9. The fraction of sp³-hybridized carbons (Fsp3) is 0.417. The third kappa shape index (κ3) is 3.45. The molecule has 0 aliphatic carbocycles. The number of hydrogen-bond donors (Lipinski definition) is 2. The fourth-order valence-corrected chi connectivity index (χ4v) is 5.34. The van der Waals surface area contributed by atoms with Crippen molar-refractivity contribution in [1.82, 2.24) is 29.0 Å². The van der Waals surface area contributed by atoms with Crippen molar-refractivity contribution < 1.29 is 14.6 Å². The molecule has 3 aromatic heterocycles. The molecule has 0 spiro atoms. The van der Waals surface area contributed by atoms with Crippen LogP contribution in [0.25, 0.3) is 27.8 Å². The Morgan fingerprint density at radius 1 is 1.18 bits per heavy atom. The number of aromatic amines is 1. The Bertz CT molecular complexity index is 1420. The molecule has 6 rings (SSSR count). The van der Waals surface area contributed by atoms with Crippen molar-refractivity contribution in [2.75, 3.05) is 19.7 Å². The molecule has 1 aromatic carbocycles. The molecular weight excluding hydrogens is 436 g/mol. The molecule has 2 saturated heterocycles. The van der Waals surface area contributed by atoms with E-state index in [1.54, 1.807) is 12.4 Å². The Labute approximate surface area is 194 Å². The van der Waals surface area contributed by atoms with Gasteiger partial charge in [0, 0.05) is 37.2 Å². The lowest BCUT2D eigenvalue weighted by Crippen LogP contribution is -2.37. The number of amides is 1. The summed E-state index contributed by atoms with van der Waals surface area (Å²) in [4.78, 5) is 32.9. The maximum Gasteiger partial charge on any atom is 0.407 e. The third-order valence-corrected chi connectivity index (χ3v) is 7.06. The molecule has 10 nitrogen and oxygen atoms in total. The van der Waals surface area contributed by atoms with E-state index < -0.39 is 6.09 Å². The molecule has 1 unspecified atom stereocenters. The van der Waals surface area contributed by atoms with Crippen molar-refractivity contribution in [2.45, 2.75) is 44.2 Å². The van der Waals surface area contributed by atoms with Crippen LogP contribution in [0.15, 0.2) is 41.6 Å². The summed E-state index contributed by atoms with van der Waals surface area (Å²) in [5.74, 6) is 0.0549. The predicted molar refractivity (Wildman–Crippen MR) is 125 cm³/mol. The van der Waals surface area contributed by atoms with Gasteiger partial charge in [0.05, 0.1) is 34.8 Å². The van der Waals surface area contributed by atoms with Gasteiger partial charge in [-0.3, -0.25) is 4.79 Å². The number of ether oxygens (including phenoxy) is 1. The predicted octanol–water partition coefficient (Wildman–Crippen LogP) is 3.60. The first-order valence-corrected chi connectivity index (χ1v) is 11.8. The Balaban J connectivity index is 1.48. The summed E-state index contributed by atoms with van der Waals surface area (Å²) in [6.45, 7) is 1.63. The lowest BCUT2D eigenvalue weighted by Gasteiger charge is -2.30. The van der Waals surface area contributed by atoms with Gasteiger partial charge in [0.15, 0.2) is 0 Å². The van der Waals surface area contributed by atoms with E-state index in [1.165, 1.54) is 4.90 Å². The summed E-state index contributed by atoms with van der Waals surface area (Å²) in [7, 11) is 0. The van der Waals surface area contributed by atoms with Crippen LogP contribution >= 0.6 is 0 Å². The highest BCUT2D eigenvalue weighted by atomic mass is 16.5. The Hall–Kier alpha value is -3.66. The molecule has 2 aliphatic rings.